The van der Waals surface area contributed by atoms with Crippen molar-refractivity contribution in [2.24, 2.45) is 5.92 Å². The molecule has 1 unspecified atom stereocenters. The van der Waals surface area contributed by atoms with E-state index in [1.54, 1.807) is 18.2 Å². The molecular weight excluding hydrogens is 324 g/mol. The van der Waals surface area contributed by atoms with Gasteiger partial charge in [-0.25, -0.2) is 13.1 Å². The molecule has 2 N–H and O–H groups in total. The van der Waals surface area contributed by atoms with E-state index in [1.807, 2.05) is 31.2 Å². The summed E-state index contributed by atoms with van der Waals surface area (Å²) in [7, 11) is -3.61. The van der Waals surface area contributed by atoms with Crippen molar-refractivity contribution in [2.45, 2.75) is 37.1 Å². The molecule has 1 saturated carbocycles. The Morgan fingerprint density at radius 2 is 1.88 bits per heavy atom. The van der Waals surface area contributed by atoms with Crippen molar-refractivity contribution >= 4 is 26.7 Å². The number of rotatable bonds is 7. The number of amides is 1. The van der Waals surface area contributed by atoms with Gasteiger partial charge in [0, 0.05) is 19.0 Å². The van der Waals surface area contributed by atoms with E-state index in [0.29, 0.717) is 5.92 Å². The SMILES string of the molecule is CC(NC(=O)CCNS(=O)(=O)c1ccc2ccccc2c1)C1CC1. The van der Waals surface area contributed by atoms with Crippen molar-refractivity contribution in [3.05, 3.63) is 42.5 Å². The Bertz CT molecular complexity index is 844. The maximum atomic E-state index is 12.4. The van der Waals surface area contributed by atoms with Gasteiger partial charge in [-0.15, -0.1) is 0 Å². The van der Waals surface area contributed by atoms with Crippen molar-refractivity contribution in [1.82, 2.24) is 10.0 Å². The number of sulfonamides is 1. The Morgan fingerprint density at radius 1 is 1.17 bits per heavy atom. The van der Waals surface area contributed by atoms with E-state index in [4.69, 9.17) is 0 Å². The Labute approximate surface area is 142 Å². The van der Waals surface area contributed by atoms with Crippen LogP contribution in [-0.4, -0.2) is 26.9 Å². The largest absolute Gasteiger partial charge is 0.353 e. The standard InChI is InChI=1S/C18H22N2O3S/c1-13(14-6-7-14)20-18(21)10-11-19-24(22,23)17-9-8-15-4-2-3-5-16(15)12-17/h2-5,8-9,12-14,19H,6-7,10-11H2,1H3,(H,20,21). The van der Waals surface area contributed by atoms with Crippen LogP contribution in [0.3, 0.4) is 0 Å². The highest BCUT2D eigenvalue weighted by atomic mass is 32.2. The van der Waals surface area contributed by atoms with E-state index in [2.05, 4.69) is 10.0 Å². The van der Waals surface area contributed by atoms with E-state index in [0.717, 1.165) is 23.6 Å². The van der Waals surface area contributed by atoms with Crippen LogP contribution >= 0.6 is 0 Å². The molecule has 2 aromatic carbocycles. The Morgan fingerprint density at radius 3 is 2.58 bits per heavy atom. The Balaban J connectivity index is 1.57. The molecular formula is C18H22N2O3S. The van der Waals surface area contributed by atoms with Crippen molar-refractivity contribution < 1.29 is 13.2 Å². The lowest BCUT2D eigenvalue weighted by molar-refractivity contribution is -0.121. The van der Waals surface area contributed by atoms with Gasteiger partial charge >= 0.3 is 0 Å². The summed E-state index contributed by atoms with van der Waals surface area (Å²) in [5.41, 5.74) is 0. The molecule has 0 radical (unpaired) electrons. The lowest BCUT2D eigenvalue weighted by Crippen LogP contribution is -2.36. The molecule has 6 heteroatoms. The molecule has 1 aliphatic carbocycles. The monoisotopic (exact) mass is 346 g/mol. The van der Waals surface area contributed by atoms with Crippen molar-refractivity contribution in [2.75, 3.05) is 6.54 Å². The third-order valence-corrected chi connectivity index (χ3v) is 5.85. The number of nitrogens with one attached hydrogen (secondary N) is 2. The second-order valence-corrected chi connectivity index (χ2v) is 8.12. The van der Waals surface area contributed by atoms with Gasteiger partial charge in [-0.2, -0.15) is 0 Å². The van der Waals surface area contributed by atoms with E-state index in [-0.39, 0.29) is 29.8 Å². The number of benzene rings is 2. The average molecular weight is 346 g/mol. The first kappa shape index (κ1) is 16.9. The Kier molecular flexibility index (Phi) is 4.87. The van der Waals surface area contributed by atoms with Gasteiger partial charge in [-0.05, 0) is 48.6 Å². The fourth-order valence-electron chi connectivity index (χ4n) is 2.76. The molecule has 128 valence electrons. The molecule has 1 aliphatic rings. The zero-order valence-electron chi connectivity index (χ0n) is 13.7. The molecule has 2 aromatic rings. The fourth-order valence-corrected chi connectivity index (χ4v) is 3.82. The minimum absolute atomic E-state index is 0.0956. The summed E-state index contributed by atoms with van der Waals surface area (Å²) in [6.07, 6.45) is 2.47. The van der Waals surface area contributed by atoms with Crippen LogP contribution in [-0.2, 0) is 14.8 Å². The summed E-state index contributed by atoms with van der Waals surface area (Å²) >= 11 is 0. The molecule has 5 nitrogen and oxygen atoms in total. The molecule has 0 bridgehead atoms. The minimum Gasteiger partial charge on any atom is -0.353 e. The predicted octanol–water partition coefficient (Wildman–Crippen LogP) is 2.42. The summed E-state index contributed by atoms with van der Waals surface area (Å²) < 4.78 is 27.2. The first-order chi connectivity index (χ1) is 11.5. The highest BCUT2D eigenvalue weighted by molar-refractivity contribution is 7.89. The molecule has 1 amide bonds. The zero-order valence-corrected chi connectivity index (χ0v) is 14.5. The van der Waals surface area contributed by atoms with Crippen LogP contribution in [0.15, 0.2) is 47.4 Å². The fraction of sp³-hybridized carbons (Fsp3) is 0.389. The maximum absolute atomic E-state index is 12.4. The number of carbonyl (C=O) groups excluding carboxylic acids is 1. The molecule has 1 atom stereocenters. The summed E-state index contributed by atoms with van der Waals surface area (Å²) in [6.45, 7) is 2.09. The van der Waals surface area contributed by atoms with Gasteiger partial charge in [0.25, 0.3) is 0 Å². The van der Waals surface area contributed by atoms with E-state index in [9.17, 15) is 13.2 Å². The highest BCUT2D eigenvalue weighted by Gasteiger charge is 2.28. The molecule has 0 spiro atoms. The van der Waals surface area contributed by atoms with E-state index < -0.39 is 10.0 Å². The molecule has 0 aliphatic heterocycles. The van der Waals surface area contributed by atoms with Crippen LogP contribution in [0.1, 0.15) is 26.2 Å². The van der Waals surface area contributed by atoms with Gasteiger partial charge in [-0.1, -0.05) is 30.3 Å². The molecule has 0 aromatic heterocycles. The predicted molar refractivity (Wildman–Crippen MR) is 94.1 cm³/mol. The van der Waals surface area contributed by atoms with Gasteiger partial charge in [0.2, 0.25) is 15.9 Å². The minimum atomic E-state index is -3.61. The summed E-state index contributed by atoms with van der Waals surface area (Å²) in [4.78, 5) is 12.1. The average Bonchev–Trinajstić information content (AvgIpc) is 3.39. The van der Waals surface area contributed by atoms with E-state index in [1.165, 1.54) is 0 Å². The van der Waals surface area contributed by atoms with Crippen LogP contribution in [0.4, 0.5) is 0 Å². The molecule has 3 rings (SSSR count). The number of hydrogen-bond acceptors (Lipinski definition) is 3. The van der Waals surface area contributed by atoms with Crippen LogP contribution in [0, 0.1) is 5.92 Å². The van der Waals surface area contributed by atoms with Gasteiger partial charge in [-0.3, -0.25) is 4.79 Å². The van der Waals surface area contributed by atoms with Crippen molar-refractivity contribution in [1.29, 1.82) is 0 Å². The maximum Gasteiger partial charge on any atom is 0.240 e. The summed E-state index contributed by atoms with van der Waals surface area (Å²) in [5, 5.41) is 4.78. The lowest BCUT2D eigenvalue weighted by Gasteiger charge is -2.13. The Hall–Kier alpha value is -1.92. The normalized spacial score (nSPS) is 16.0. The van der Waals surface area contributed by atoms with Gasteiger partial charge in [0.1, 0.15) is 0 Å². The number of carbonyl (C=O) groups is 1. The smallest absolute Gasteiger partial charge is 0.240 e. The quantitative estimate of drug-likeness (QED) is 0.808. The van der Waals surface area contributed by atoms with Crippen LogP contribution < -0.4 is 10.0 Å². The van der Waals surface area contributed by atoms with Crippen molar-refractivity contribution in [3.63, 3.8) is 0 Å². The van der Waals surface area contributed by atoms with Crippen molar-refractivity contribution in [3.8, 4) is 0 Å². The molecule has 1 fully saturated rings. The molecule has 0 saturated heterocycles. The second-order valence-electron chi connectivity index (χ2n) is 6.35. The zero-order chi connectivity index (χ0) is 17.2. The second kappa shape index (κ2) is 6.91. The third kappa shape index (κ3) is 4.13. The summed E-state index contributed by atoms with van der Waals surface area (Å²) in [5.74, 6) is 0.471. The lowest BCUT2D eigenvalue weighted by atomic mass is 10.1. The number of fused-ring (bicyclic) bond motifs is 1. The molecule has 0 heterocycles. The van der Waals surface area contributed by atoms with Gasteiger partial charge in [0.05, 0.1) is 4.90 Å². The van der Waals surface area contributed by atoms with Gasteiger partial charge in [0.15, 0.2) is 0 Å². The first-order valence-corrected chi connectivity index (χ1v) is 9.72. The summed E-state index contributed by atoms with van der Waals surface area (Å²) in [6, 6.07) is 12.8. The highest BCUT2D eigenvalue weighted by Crippen LogP contribution is 2.32. The van der Waals surface area contributed by atoms with E-state index >= 15 is 0 Å². The van der Waals surface area contributed by atoms with Crippen LogP contribution in [0.2, 0.25) is 0 Å². The first-order valence-electron chi connectivity index (χ1n) is 8.23. The molecule has 24 heavy (non-hydrogen) atoms. The van der Waals surface area contributed by atoms with Crippen LogP contribution in [0.25, 0.3) is 10.8 Å². The topological polar surface area (TPSA) is 75.3 Å². The van der Waals surface area contributed by atoms with Crippen LogP contribution in [0.5, 0.6) is 0 Å². The van der Waals surface area contributed by atoms with Gasteiger partial charge < -0.3 is 5.32 Å². The number of hydrogen-bond donors (Lipinski definition) is 2. The third-order valence-electron chi connectivity index (χ3n) is 4.39.